The largest absolute Gasteiger partial charge is 0.140 e. The van der Waals surface area contributed by atoms with Crippen LogP contribution >= 0.6 is 0 Å². The van der Waals surface area contributed by atoms with Crippen LogP contribution in [0.4, 0.5) is 0 Å². The minimum Gasteiger partial charge on any atom is -0.0877 e. The molecule has 0 spiro atoms. The zero-order valence-electron chi connectivity index (χ0n) is 17.6. The topological polar surface area (TPSA) is 0 Å². The van der Waals surface area contributed by atoms with E-state index in [9.17, 15) is 0 Å². The molecule has 3 aliphatic rings. The average molecular weight is 398 g/mol. The molecule has 0 amide bonds. The predicted octanol–water partition coefficient (Wildman–Crippen LogP) is 7.36. The molecule has 1 radical (unpaired) electrons. The Morgan fingerprint density at radius 1 is 0.586 bits per heavy atom. The smallest absolute Gasteiger partial charge is 0.0877 e. The molecular weight excluding hydrogens is 364 g/mol. The average Bonchev–Trinajstić information content (AvgIpc) is 3.35. The molecule has 0 nitrogen and oxygen atoms in total. The van der Waals surface area contributed by atoms with E-state index >= 15 is 0 Å². The molecule has 0 saturated heterocycles. The van der Waals surface area contributed by atoms with E-state index in [1.54, 1.807) is 21.9 Å². The molecule has 2 aromatic rings. The predicted molar refractivity (Wildman–Crippen MR) is 127 cm³/mol. The van der Waals surface area contributed by atoms with E-state index < -0.39 is 8.80 Å². The van der Waals surface area contributed by atoms with Gasteiger partial charge in [-0.25, -0.2) is 0 Å². The highest BCUT2D eigenvalue weighted by Crippen LogP contribution is 2.44. The summed E-state index contributed by atoms with van der Waals surface area (Å²) in [4.78, 5) is 0. The lowest BCUT2D eigenvalue weighted by Gasteiger charge is -2.32. The molecule has 0 unspecified atom stereocenters. The van der Waals surface area contributed by atoms with Crippen LogP contribution in [0.15, 0.2) is 66.0 Å². The molecule has 1 aliphatic heterocycles. The van der Waals surface area contributed by atoms with Crippen LogP contribution in [0.25, 0.3) is 11.1 Å². The summed E-state index contributed by atoms with van der Waals surface area (Å²) in [5, 5.41) is 1.57. The van der Waals surface area contributed by atoms with Gasteiger partial charge in [0.05, 0.1) is 0 Å². The number of benzene rings is 2. The van der Waals surface area contributed by atoms with Gasteiger partial charge in [0.2, 0.25) is 0 Å². The molecular formula is C28H33Si. The third kappa shape index (κ3) is 3.94. The van der Waals surface area contributed by atoms with Crippen LogP contribution in [0.2, 0.25) is 0 Å². The third-order valence-electron chi connectivity index (χ3n) is 7.39. The van der Waals surface area contributed by atoms with Crippen molar-refractivity contribution >= 4 is 14.0 Å². The van der Waals surface area contributed by atoms with Gasteiger partial charge in [-0.3, -0.25) is 0 Å². The van der Waals surface area contributed by atoms with Gasteiger partial charge in [-0.05, 0) is 65.0 Å². The summed E-state index contributed by atoms with van der Waals surface area (Å²) >= 11 is 0. The lowest BCUT2D eigenvalue weighted by atomic mass is 9.73. The van der Waals surface area contributed by atoms with Crippen LogP contribution in [-0.2, 0) is 0 Å². The second kappa shape index (κ2) is 8.88. The number of hydrogen-bond acceptors (Lipinski definition) is 0. The first-order valence-corrected chi connectivity index (χ1v) is 13.5. The Morgan fingerprint density at radius 2 is 1.21 bits per heavy atom. The zero-order chi connectivity index (χ0) is 19.5. The molecule has 0 atom stereocenters. The summed E-state index contributed by atoms with van der Waals surface area (Å²) in [6, 6.07) is 16.6. The maximum atomic E-state index is 2.50. The molecule has 0 aromatic heterocycles. The molecule has 2 saturated carbocycles. The number of rotatable bonds is 4. The summed E-state index contributed by atoms with van der Waals surface area (Å²) in [5.41, 5.74) is 11.4. The van der Waals surface area contributed by atoms with Crippen LogP contribution in [0.3, 0.4) is 0 Å². The van der Waals surface area contributed by atoms with Gasteiger partial charge in [0, 0.05) is 0 Å². The fourth-order valence-electron chi connectivity index (χ4n) is 5.96. The summed E-state index contributed by atoms with van der Waals surface area (Å²) in [7, 11) is -0.711. The van der Waals surface area contributed by atoms with Gasteiger partial charge in [-0.2, -0.15) is 0 Å². The summed E-state index contributed by atoms with van der Waals surface area (Å²) in [5.74, 6) is 1.55. The lowest BCUT2D eigenvalue weighted by Crippen LogP contribution is -2.27. The van der Waals surface area contributed by atoms with Crippen LogP contribution in [-0.4, -0.2) is 8.80 Å². The Balaban J connectivity index is 1.65. The molecule has 1 heteroatoms. The van der Waals surface area contributed by atoms with Gasteiger partial charge in [0.25, 0.3) is 0 Å². The van der Waals surface area contributed by atoms with Crippen molar-refractivity contribution < 1.29 is 0 Å². The zero-order valence-corrected chi connectivity index (χ0v) is 18.6. The Kier molecular flexibility index (Phi) is 5.85. The van der Waals surface area contributed by atoms with Crippen molar-refractivity contribution in [2.24, 2.45) is 0 Å². The SMILES string of the molecule is C1=C[Si](c2ccccc2-c2cccc(C3CCCCC3)c2C2CCCCC2)C=C1. The van der Waals surface area contributed by atoms with E-state index in [1.165, 1.54) is 69.8 Å². The first-order valence-electron chi connectivity index (χ1n) is 11.9. The van der Waals surface area contributed by atoms with E-state index in [-0.39, 0.29) is 0 Å². The first kappa shape index (κ1) is 19.1. The standard InChI is InChI=1S/C28H33Si/c1-3-12-22(13-4-1)24-17-11-18-26(28(24)23-14-5-2-6-15-23)25-16-7-8-19-27(25)29-20-9-10-21-29/h7-11,16-23H,1-6,12-15H2. The summed E-state index contributed by atoms with van der Waals surface area (Å²) in [6.45, 7) is 0. The molecule has 1 heterocycles. The molecule has 0 N–H and O–H groups in total. The quantitative estimate of drug-likeness (QED) is 0.473. The van der Waals surface area contributed by atoms with Crippen LogP contribution in [0.1, 0.15) is 87.2 Å². The highest BCUT2D eigenvalue weighted by atomic mass is 28.3. The lowest BCUT2D eigenvalue weighted by molar-refractivity contribution is 0.419. The fourth-order valence-corrected chi connectivity index (χ4v) is 7.88. The second-order valence-corrected chi connectivity index (χ2v) is 11.3. The number of allylic oxidation sites excluding steroid dienone is 2. The molecule has 2 fully saturated rings. The van der Waals surface area contributed by atoms with Crippen LogP contribution in [0, 0.1) is 0 Å². The third-order valence-corrected chi connectivity index (χ3v) is 9.55. The van der Waals surface area contributed by atoms with Gasteiger partial charge >= 0.3 is 0 Å². The minimum absolute atomic E-state index is 0.711. The van der Waals surface area contributed by atoms with Crippen molar-refractivity contribution in [3.63, 3.8) is 0 Å². The Bertz CT molecular complexity index is 882. The summed E-state index contributed by atoms with van der Waals surface area (Å²) in [6.07, 6.45) is 18.5. The van der Waals surface area contributed by atoms with Crippen LogP contribution in [0.5, 0.6) is 0 Å². The van der Waals surface area contributed by atoms with Gasteiger partial charge in [-0.1, -0.05) is 105 Å². The van der Waals surface area contributed by atoms with Crippen molar-refractivity contribution in [2.45, 2.75) is 76.0 Å². The van der Waals surface area contributed by atoms with E-state index in [0.717, 1.165) is 11.8 Å². The van der Waals surface area contributed by atoms with E-state index in [0.29, 0.717) is 0 Å². The highest BCUT2D eigenvalue weighted by molar-refractivity contribution is 6.84. The van der Waals surface area contributed by atoms with Gasteiger partial charge in [0.15, 0.2) is 0 Å². The monoisotopic (exact) mass is 397 g/mol. The Morgan fingerprint density at radius 3 is 1.93 bits per heavy atom. The summed E-state index contributed by atoms with van der Waals surface area (Å²) < 4.78 is 0. The van der Waals surface area contributed by atoms with Gasteiger partial charge in [-0.15, -0.1) is 0 Å². The Hall–Kier alpha value is -1.86. The molecule has 5 rings (SSSR count). The molecule has 149 valence electrons. The molecule has 2 aliphatic carbocycles. The van der Waals surface area contributed by atoms with Gasteiger partial charge < -0.3 is 0 Å². The van der Waals surface area contributed by atoms with Crippen molar-refractivity contribution in [3.8, 4) is 11.1 Å². The van der Waals surface area contributed by atoms with E-state index in [1.807, 2.05) is 0 Å². The van der Waals surface area contributed by atoms with Crippen molar-refractivity contribution in [1.82, 2.24) is 0 Å². The van der Waals surface area contributed by atoms with Crippen molar-refractivity contribution in [2.75, 3.05) is 0 Å². The molecule has 0 bridgehead atoms. The molecule has 2 aromatic carbocycles. The maximum absolute atomic E-state index is 2.50. The highest BCUT2D eigenvalue weighted by Gasteiger charge is 2.27. The minimum atomic E-state index is -0.711. The number of hydrogen-bond donors (Lipinski definition) is 0. The van der Waals surface area contributed by atoms with Crippen molar-refractivity contribution in [3.05, 3.63) is 77.1 Å². The first-order chi connectivity index (χ1) is 14.4. The fraction of sp³-hybridized carbons (Fsp3) is 0.429. The van der Waals surface area contributed by atoms with Gasteiger partial charge in [0.1, 0.15) is 8.80 Å². The van der Waals surface area contributed by atoms with E-state index in [4.69, 9.17) is 0 Å². The maximum Gasteiger partial charge on any atom is 0.140 e. The van der Waals surface area contributed by atoms with E-state index in [2.05, 4.69) is 66.0 Å². The van der Waals surface area contributed by atoms with Crippen molar-refractivity contribution in [1.29, 1.82) is 0 Å². The second-order valence-electron chi connectivity index (χ2n) is 9.20. The van der Waals surface area contributed by atoms with Crippen LogP contribution < -0.4 is 5.19 Å². The molecule has 29 heavy (non-hydrogen) atoms. The normalized spacial score (nSPS) is 21.1. The Labute approximate surface area is 178 Å².